The zero-order chi connectivity index (χ0) is 18.4. The fourth-order valence-electron chi connectivity index (χ4n) is 2.22. The van der Waals surface area contributed by atoms with Gasteiger partial charge in [0.15, 0.2) is 0 Å². The van der Waals surface area contributed by atoms with Gasteiger partial charge in [0, 0.05) is 5.69 Å². The highest BCUT2D eigenvalue weighted by Crippen LogP contribution is 2.23. The summed E-state index contributed by atoms with van der Waals surface area (Å²) in [5, 5.41) is 11.5. The van der Waals surface area contributed by atoms with Crippen LogP contribution in [0.15, 0.2) is 36.4 Å². The molecule has 0 heterocycles. The molecule has 2 aromatic carbocycles. The van der Waals surface area contributed by atoms with Gasteiger partial charge in [-0.2, -0.15) is 0 Å². The lowest BCUT2D eigenvalue weighted by atomic mass is 10.1. The Morgan fingerprint density at radius 1 is 1.20 bits per heavy atom. The highest BCUT2D eigenvalue weighted by Gasteiger charge is 2.15. The number of aryl methyl sites for hydroxylation is 1. The molecule has 0 aliphatic rings. The van der Waals surface area contributed by atoms with Crippen LogP contribution in [-0.4, -0.2) is 23.6 Å². The summed E-state index contributed by atoms with van der Waals surface area (Å²) in [5.74, 6) is -2.06. The van der Waals surface area contributed by atoms with Gasteiger partial charge in [0.25, 0.3) is 5.91 Å². The van der Waals surface area contributed by atoms with E-state index in [0.29, 0.717) is 18.0 Å². The van der Waals surface area contributed by atoms with Crippen LogP contribution in [0.2, 0.25) is 0 Å². The Hall–Kier alpha value is -2.89. The van der Waals surface area contributed by atoms with E-state index in [1.807, 2.05) is 6.92 Å². The zero-order valence-corrected chi connectivity index (χ0v) is 14.1. The van der Waals surface area contributed by atoms with Crippen LogP contribution in [0.5, 0.6) is 5.75 Å². The van der Waals surface area contributed by atoms with Gasteiger partial charge in [-0.1, -0.05) is 13.3 Å². The van der Waals surface area contributed by atoms with Crippen LogP contribution in [0.25, 0.3) is 0 Å². The summed E-state index contributed by atoms with van der Waals surface area (Å²) < 4.78 is 19.6. The molecule has 1 amide bonds. The van der Waals surface area contributed by atoms with Crippen LogP contribution >= 0.6 is 0 Å². The van der Waals surface area contributed by atoms with E-state index >= 15 is 0 Å². The lowest BCUT2D eigenvalue weighted by Gasteiger charge is -2.12. The summed E-state index contributed by atoms with van der Waals surface area (Å²) >= 11 is 0. The fraction of sp³-hybridized carbons (Fsp3) is 0.263. The third-order valence-corrected chi connectivity index (χ3v) is 3.67. The van der Waals surface area contributed by atoms with Gasteiger partial charge in [-0.15, -0.1) is 0 Å². The van der Waals surface area contributed by atoms with Crippen molar-refractivity contribution >= 4 is 17.6 Å². The van der Waals surface area contributed by atoms with Crippen molar-refractivity contribution in [1.29, 1.82) is 0 Å². The first kappa shape index (κ1) is 18.4. The van der Waals surface area contributed by atoms with Crippen molar-refractivity contribution in [2.24, 2.45) is 0 Å². The number of halogens is 1. The highest BCUT2D eigenvalue weighted by atomic mass is 19.1. The molecule has 2 aromatic rings. The molecule has 0 aliphatic heterocycles. The quantitative estimate of drug-likeness (QED) is 0.735. The number of hydrogen-bond donors (Lipinski definition) is 2. The van der Waals surface area contributed by atoms with Gasteiger partial charge >= 0.3 is 5.97 Å². The second kappa shape index (κ2) is 8.28. The summed E-state index contributed by atoms with van der Waals surface area (Å²) in [6, 6.07) is 8.41. The Morgan fingerprint density at radius 2 is 1.96 bits per heavy atom. The Balaban J connectivity index is 2.11. The van der Waals surface area contributed by atoms with E-state index in [-0.39, 0.29) is 11.1 Å². The topological polar surface area (TPSA) is 75.6 Å². The van der Waals surface area contributed by atoms with Gasteiger partial charge in [-0.3, -0.25) is 4.79 Å². The molecule has 0 aromatic heterocycles. The summed E-state index contributed by atoms with van der Waals surface area (Å²) in [4.78, 5) is 23.1. The van der Waals surface area contributed by atoms with Crippen LogP contribution in [-0.2, 0) is 0 Å². The molecular formula is C19H20FNO4. The van der Waals surface area contributed by atoms with E-state index in [1.165, 1.54) is 6.07 Å². The second-order valence-electron chi connectivity index (χ2n) is 5.63. The van der Waals surface area contributed by atoms with Crippen molar-refractivity contribution in [2.75, 3.05) is 11.9 Å². The Bertz CT molecular complexity index is 789. The Labute approximate surface area is 145 Å². The van der Waals surface area contributed by atoms with Crippen molar-refractivity contribution < 1.29 is 23.8 Å². The van der Waals surface area contributed by atoms with E-state index in [0.717, 1.165) is 30.5 Å². The number of ether oxygens (including phenoxy) is 1. The van der Waals surface area contributed by atoms with Crippen LogP contribution in [0.4, 0.5) is 10.1 Å². The molecule has 0 bridgehead atoms. The summed E-state index contributed by atoms with van der Waals surface area (Å²) in [6.07, 6.45) is 2.00. The number of carboxylic acids is 1. The molecule has 0 saturated carbocycles. The monoisotopic (exact) mass is 345 g/mol. The predicted octanol–water partition coefficient (Wildman–Crippen LogP) is 4.26. The maximum absolute atomic E-state index is 14.0. The lowest BCUT2D eigenvalue weighted by molar-refractivity contribution is 0.0695. The van der Waals surface area contributed by atoms with Crippen molar-refractivity contribution in [3.63, 3.8) is 0 Å². The normalized spacial score (nSPS) is 10.4. The largest absolute Gasteiger partial charge is 0.494 e. The minimum Gasteiger partial charge on any atom is -0.494 e. The molecule has 5 nitrogen and oxygen atoms in total. The predicted molar refractivity (Wildman–Crippen MR) is 92.9 cm³/mol. The fourth-order valence-corrected chi connectivity index (χ4v) is 2.22. The first-order valence-electron chi connectivity index (χ1n) is 8.00. The van der Waals surface area contributed by atoms with E-state index in [2.05, 4.69) is 12.2 Å². The first-order valence-corrected chi connectivity index (χ1v) is 8.00. The number of carbonyl (C=O) groups excluding carboxylic acids is 1. The summed E-state index contributed by atoms with van der Waals surface area (Å²) in [5.41, 5.74) is 0.894. The molecule has 0 atom stereocenters. The number of rotatable bonds is 7. The molecule has 0 unspecified atom stereocenters. The van der Waals surface area contributed by atoms with Crippen molar-refractivity contribution in [3.8, 4) is 5.75 Å². The lowest BCUT2D eigenvalue weighted by Crippen LogP contribution is -2.15. The number of hydrogen-bond acceptors (Lipinski definition) is 3. The molecular weight excluding hydrogens is 325 g/mol. The molecule has 0 fully saturated rings. The van der Waals surface area contributed by atoms with Gasteiger partial charge in [0.1, 0.15) is 11.6 Å². The van der Waals surface area contributed by atoms with Gasteiger partial charge in [-0.05, 0) is 55.3 Å². The van der Waals surface area contributed by atoms with Gasteiger partial charge in [0.2, 0.25) is 0 Å². The Kier molecular flexibility index (Phi) is 6.11. The molecule has 6 heteroatoms. The number of amides is 1. The number of benzene rings is 2. The van der Waals surface area contributed by atoms with Crippen LogP contribution < -0.4 is 10.1 Å². The van der Waals surface area contributed by atoms with Gasteiger partial charge in [-0.25, -0.2) is 9.18 Å². The average Bonchev–Trinajstić information content (AvgIpc) is 2.57. The number of carbonyl (C=O) groups is 2. The number of anilines is 1. The van der Waals surface area contributed by atoms with Crippen molar-refractivity contribution in [2.45, 2.75) is 26.7 Å². The number of nitrogens with one attached hydrogen (secondary N) is 1. The second-order valence-corrected chi connectivity index (χ2v) is 5.63. The van der Waals surface area contributed by atoms with E-state index in [4.69, 9.17) is 9.84 Å². The first-order chi connectivity index (χ1) is 11.9. The third-order valence-electron chi connectivity index (χ3n) is 3.67. The smallest absolute Gasteiger partial charge is 0.335 e. The zero-order valence-electron chi connectivity index (χ0n) is 14.1. The van der Waals surface area contributed by atoms with Crippen LogP contribution in [0.3, 0.4) is 0 Å². The van der Waals surface area contributed by atoms with Crippen molar-refractivity contribution in [1.82, 2.24) is 0 Å². The molecule has 2 rings (SSSR count). The van der Waals surface area contributed by atoms with Crippen LogP contribution in [0, 0.1) is 12.7 Å². The standard InChI is InChI=1S/C19H20FNO4/c1-3-4-9-25-14-6-8-17(12(2)10-14)21-18(22)15-7-5-13(19(23)24)11-16(15)20/h5-8,10-11H,3-4,9H2,1-2H3,(H,21,22)(H,23,24). The SMILES string of the molecule is CCCCOc1ccc(NC(=O)c2ccc(C(=O)O)cc2F)c(C)c1. The Morgan fingerprint density at radius 3 is 2.56 bits per heavy atom. The molecule has 0 spiro atoms. The maximum Gasteiger partial charge on any atom is 0.335 e. The van der Waals surface area contributed by atoms with E-state index in [9.17, 15) is 14.0 Å². The van der Waals surface area contributed by atoms with Crippen molar-refractivity contribution in [3.05, 3.63) is 58.9 Å². The maximum atomic E-state index is 14.0. The average molecular weight is 345 g/mol. The van der Waals surface area contributed by atoms with Crippen LogP contribution in [0.1, 0.15) is 46.0 Å². The highest BCUT2D eigenvalue weighted by molar-refractivity contribution is 6.05. The molecule has 2 N–H and O–H groups in total. The van der Waals surface area contributed by atoms with E-state index in [1.54, 1.807) is 18.2 Å². The van der Waals surface area contributed by atoms with E-state index < -0.39 is 17.7 Å². The number of unbranched alkanes of at least 4 members (excludes halogenated alkanes) is 1. The molecule has 0 saturated heterocycles. The minimum absolute atomic E-state index is 0.209. The molecule has 132 valence electrons. The summed E-state index contributed by atoms with van der Waals surface area (Å²) in [7, 11) is 0. The molecule has 0 aliphatic carbocycles. The van der Waals surface area contributed by atoms with Gasteiger partial charge in [0.05, 0.1) is 17.7 Å². The number of carboxylic acid groups (broad SMARTS) is 1. The summed E-state index contributed by atoms with van der Waals surface area (Å²) in [6.45, 7) is 4.52. The van der Waals surface area contributed by atoms with Gasteiger partial charge < -0.3 is 15.2 Å². The minimum atomic E-state index is -1.25. The molecule has 25 heavy (non-hydrogen) atoms. The number of aromatic carboxylic acids is 1. The third kappa shape index (κ3) is 4.79. The molecule has 0 radical (unpaired) electrons.